The Bertz CT molecular complexity index is 3900. The van der Waals surface area contributed by atoms with Crippen LogP contribution < -0.4 is 9.80 Å². The molecular weight excluding hydrogens is 837 g/mol. The van der Waals surface area contributed by atoms with E-state index >= 15 is 0 Å². The quantitative estimate of drug-likeness (QED) is 0.174. The molecule has 12 aromatic rings. The van der Waals surface area contributed by atoms with Crippen LogP contribution in [0.5, 0.6) is 0 Å². The number of nitrogens with zero attached hydrogens (tertiary/aromatic N) is 2. The number of rotatable bonds is 4. The van der Waals surface area contributed by atoms with Gasteiger partial charge in [0, 0.05) is 64.8 Å². The van der Waals surface area contributed by atoms with E-state index in [1.165, 1.54) is 130 Å². The number of hydrogen-bond acceptors (Lipinski definition) is 4. The zero-order valence-corrected chi connectivity index (χ0v) is 37.5. The van der Waals surface area contributed by atoms with Gasteiger partial charge in [-0.3, -0.25) is 0 Å². The van der Waals surface area contributed by atoms with Crippen LogP contribution in [-0.4, -0.2) is 13.1 Å². The van der Waals surface area contributed by atoms with Crippen LogP contribution >= 0.6 is 22.7 Å². The molecule has 10 aromatic carbocycles. The Morgan fingerprint density at radius 3 is 1.14 bits per heavy atom. The first-order chi connectivity index (χ1) is 32.7. The summed E-state index contributed by atoms with van der Waals surface area (Å²) in [5.41, 5.74) is 19.8. The first kappa shape index (κ1) is 37.6. The van der Waals surface area contributed by atoms with Crippen molar-refractivity contribution in [2.75, 3.05) is 22.9 Å². The first-order valence-corrected chi connectivity index (χ1v) is 24.4. The van der Waals surface area contributed by atoms with Gasteiger partial charge in [-0.25, -0.2) is 0 Å². The van der Waals surface area contributed by atoms with Crippen molar-refractivity contribution >= 4 is 85.8 Å². The third-order valence-corrected chi connectivity index (χ3v) is 16.4. The van der Waals surface area contributed by atoms with E-state index in [-0.39, 0.29) is 0 Å². The van der Waals surface area contributed by atoms with Crippen LogP contribution in [-0.2, 0) is 0 Å². The summed E-state index contributed by atoms with van der Waals surface area (Å²) in [5, 5.41) is 5.27. The van der Waals surface area contributed by atoms with E-state index in [9.17, 15) is 0 Å². The second-order valence-electron chi connectivity index (χ2n) is 17.5. The molecule has 0 unspecified atom stereocenters. The van der Waals surface area contributed by atoms with E-state index in [1.807, 2.05) is 22.7 Å². The highest BCUT2D eigenvalue weighted by Crippen LogP contribution is 2.54. The molecule has 310 valence electrons. The summed E-state index contributed by atoms with van der Waals surface area (Å²) in [6, 6.07) is 81.8. The highest BCUT2D eigenvalue weighted by atomic mass is 32.1. The maximum atomic E-state index is 2.52. The normalized spacial score (nSPS) is 13.0. The number of benzene rings is 10. The van der Waals surface area contributed by atoms with Gasteiger partial charge in [0.25, 0.3) is 0 Å². The Morgan fingerprint density at radius 1 is 0.273 bits per heavy atom. The van der Waals surface area contributed by atoms with E-state index in [0.29, 0.717) is 0 Å². The highest BCUT2D eigenvalue weighted by molar-refractivity contribution is 7.26. The standard InChI is InChI=1S/C62H40N2S2/c1-3-15-41(16-4-1)63-33-34-64(42-17-5-2-6-18-42)58-38-56-54-36-40(44-24-14-26-52-50-22-10-12-28-60(50)66-62(44)52)30-32-48(54)47-31-29-39(35-53(47)45-19-7-8-20-46(45)55(56)37-57(58)63)43-23-13-25-51-49-21-9-11-27-59(49)65-61(43)51/h1-32,35-38H,33-34H2. The van der Waals surface area contributed by atoms with Crippen LogP contribution in [0.15, 0.2) is 218 Å². The predicted molar refractivity (Wildman–Crippen MR) is 285 cm³/mol. The number of anilines is 4. The van der Waals surface area contributed by atoms with Crippen molar-refractivity contribution in [3.05, 3.63) is 218 Å². The van der Waals surface area contributed by atoms with E-state index in [4.69, 9.17) is 0 Å². The molecule has 0 saturated heterocycles. The molecule has 1 aliphatic carbocycles. The van der Waals surface area contributed by atoms with Gasteiger partial charge in [0.05, 0.1) is 11.4 Å². The number of thiophene rings is 2. The zero-order valence-electron chi connectivity index (χ0n) is 35.9. The van der Waals surface area contributed by atoms with Gasteiger partial charge in [-0.2, -0.15) is 0 Å². The maximum Gasteiger partial charge on any atom is 0.0659 e. The van der Waals surface area contributed by atoms with Crippen molar-refractivity contribution in [3.63, 3.8) is 0 Å². The third-order valence-electron chi connectivity index (χ3n) is 13.9. The molecule has 0 bridgehead atoms. The van der Waals surface area contributed by atoms with Gasteiger partial charge >= 0.3 is 0 Å². The van der Waals surface area contributed by atoms with Gasteiger partial charge in [0.1, 0.15) is 0 Å². The number of para-hydroxylation sites is 2. The molecule has 2 aliphatic rings. The lowest BCUT2D eigenvalue weighted by Crippen LogP contribution is -2.36. The fourth-order valence-electron chi connectivity index (χ4n) is 10.9. The van der Waals surface area contributed by atoms with E-state index in [0.717, 1.165) is 13.1 Å². The minimum absolute atomic E-state index is 0.861. The molecule has 0 amide bonds. The van der Waals surface area contributed by atoms with Crippen molar-refractivity contribution in [1.29, 1.82) is 0 Å². The monoisotopic (exact) mass is 876 g/mol. The predicted octanol–water partition coefficient (Wildman–Crippen LogP) is 18.0. The Labute approximate surface area is 391 Å². The molecule has 3 heterocycles. The van der Waals surface area contributed by atoms with Gasteiger partial charge in [-0.15, -0.1) is 22.7 Å². The molecule has 2 aromatic heterocycles. The van der Waals surface area contributed by atoms with E-state index in [1.54, 1.807) is 0 Å². The van der Waals surface area contributed by atoms with Crippen molar-refractivity contribution in [1.82, 2.24) is 0 Å². The van der Waals surface area contributed by atoms with Crippen LogP contribution in [0.3, 0.4) is 0 Å². The average molecular weight is 877 g/mol. The fraction of sp³-hybridized carbons (Fsp3) is 0.0323. The third kappa shape index (κ3) is 5.78. The summed E-state index contributed by atoms with van der Waals surface area (Å²) in [6.45, 7) is 1.72. The second-order valence-corrected chi connectivity index (χ2v) is 19.6. The summed E-state index contributed by atoms with van der Waals surface area (Å²) >= 11 is 3.79. The highest BCUT2D eigenvalue weighted by Gasteiger charge is 2.31. The summed E-state index contributed by atoms with van der Waals surface area (Å²) in [7, 11) is 0. The molecule has 0 atom stereocenters. The largest absolute Gasteiger partial charge is 0.338 e. The molecule has 66 heavy (non-hydrogen) atoms. The van der Waals surface area contributed by atoms with Crippen molar-refractivity contribution in [2.24, 2.45) is 0 Å². The summed E-state index contributed by atoms with van der Waals surface area (Å²) < 4.78 is 5.30. The van der Waals surface area contributed by atoms with Crippen LogP contribution in [0.2, 0.25) is 0 Å². The Morgan fingerprint density at radius 2 is 0.636 bits per heavy atom. The molecule has 1 aliphatic heterocycles. The van der Waals surface area contributed by atoms with E-state index < -0.39 is 0 Å². The van der Waals surface area contributed by atoms with Crippen LogP contribution in [0.4, 0.5) is 22.7 Å². The van der Waals surface area contributed by atoms with Crippen LogP contribution in [0.1, 0.15) is 0 Å². The lowest BCUT2D eigenvalue weighted by atomic mass is 9.78. The van der Waals surface area contributed by atoms with Crippen LogP contribution in [0.25, 0.3) is 107 Å². The van der Waals surface area contributed by atoms with Gasteiger partial charge in [0.15, 0.2) is 0 Å². The Hall–Kier alpha value is -7.76. The summed E-state index contributed by atoms with van der Waals surface area (Å²) in [4.78, 5) is 5.05. The average Bonchev–Trinajstić information content (AvgIpc) is 3.97. The topological polar surface area (TPSA) is 6.48 Å². The minimum atomic E-state index is 0.861. The minimum Gasteiger partial charge on any atom is -0.338 e. The summed E-state index contributed by atoms with van der Waals surface area (Å²) in [5.74, 6) is 0. The zero-order chi connectivity index (χ0) is 43.3. The molecule has 4 heteroatoms. The number of fused-ring (bicyclic) bond motifs is 15. The lowest BCUT2D eigenvalue weighted by Gasteiger charge is -2.40. The van der Waals surface area contributed by atoms with Crippen molar-refractivity contribution in [2.45, 2.75) is 0 Å². The Kier molecular flexibility index (Phi) is 8.49. The first-order valence-electron chi connectivity index (χ1n) is 22.8. The van der Waals surface area contributed by atoms with Gasteiger partial charge < -0.3 is 9.80 Å². The van der Waals surface area contributed by atoms with Crippen molar-refractivity contribution < 1.29 is 0 Å². The molecule has 0 fully saturated rings. The SMILES string of the molecule is c1ccc(N2CCN(c3ccccc3)c3cc4c(cc32)-c2ccccc2-c2cc(-c3cccc5c3sc3ccccc35)ccc2-c2ccc(-c3cccc5c3sc3ccccc35)cc2-4)cc1. The smallest absolute Gasteiger partial charge is 0.0659 e. The molecule has 0 spiro atoms. The van der Waals surface area contributed by atoms with Crippen molar-refractivity contribution in [3.8, 4) is 66.8 Å². The molecule has 0 saturated carbocycles. The van der Waals surface area contributed by atoms with Gasteiger partial charge in [0.2, 0.25) is 0 Å². The van der Waals surface area contributed by atoms with Gasteiger partial charge in [-0.05, 0) is 127 Å². The van der Waals surface area contributed by atoms with Gasteiger partial charge in [-0.1, -0.05) is 158 Å². The van der Waals surface area contributed by atoms with E-state index in [2.05, 4.69) is 228 Å². The Balaban J connectivity index is 1.06. The maximum absolute atomic E-state index is 2.52. The summed E-state index contributed by atoms with van der Waals surface area (Å²) in [6.07, 6.45) is 0. The molecule has 2 nitrogen and oxygen atoms in total. The van der Waals surface area contributed by atoms with Crippen LogP contribution in [0, 0.1) is 0 Å². The second kappa shape index (κ2) is 14.9. The lowest BCUT2D eigenvalue weighted by molar-refractivity contribution is 0.850. The molecular formula is C62H40N2S2. The molecule has 0 radical (unpaired) electrons. The molecule has 0 N–H and O–H groups in total. The molecule has 14 rings (SSSR count). The number of hydrogen-bond donors (Lipinski definition) is 0. The fourth-order valence-corrected chi connectivity index (χ4v) is 13.4.